The Hall–Kier alpha value is -3.67. The molecular weight excluding hydrogens is 424 g/mol. The quantitative estimate of drug-likeness (QED) is 0.297. The molecule has 4 aromatic rings. The van der Waals surface area contributed by atoms with Gasteiger partial charge in [0, 0.05) is 37.5 Å². The summed E-state index contributed by atoms with van der Waals surface area (Å²) in [5, 5.41) is 2.98. The standard InChI is InChI=1S/C28H32N4O2/c1-2-22-11-13-24(14-12-22)34-21-6-5-20-32-26-9-4-3-8-25(26)31-27(32)10-7-17-30-28(33)23-15-18-29-19-16-23/h3-4,8-9,11-16,18-19H,2,5-7,10,17,20-21H2,1H3,(H,30,33). The number of carbonyl (C=O) groups excluding carboxylic acids is 1. The van der Waals surface area contributed by atoms with Gasteiger partial charge in [-0.15, -0.1) is 0 Å². The zero-order valence-electron chi connectivity index (χ0n) is 19.7. The van der Waals surface area contributed by atoms with Gasteiger partial charge in [0.2, 0.25) is 0 Å². The second kappa shape index (κ2) is 12.0. The highest BCUT2D eigenvalue weighted by molar-refractivity contribution is 5.93. The summed E-state index contributed by atoms with van der Waals surface area (Å²) >= 11 is 0. The molecule has 0 fully saturated rings. The number of nitrogens with zero attached hydrogens (tertiary/aromatic N) is 3. The fourth-order valence-corrected chi connectivity index (χ4v) is 4.00. The minimum atomic E-state index is -0.0692. The number of imidazole rings is 1. The molecule has 0 aliphatic carbocycles. The molecule has 0 bridgehead atoms. The van der Waals surface area contributed by atoms with E-state index >= 15 is 0 Å². The first-order valence-electron chi connectivity index (χ1n) is 12.1. The third-order valence-electron chi connectivity index (χ3n) is 5.92. The van der Waals surface area contributed by atoms with Crippen LogP contribution in [0.5, 0.6) is 5.75 Å². The average molecular weight is 457 g/mol. The second-order valence-corrected chi connectivity index (χ2v) is 8.32. The van der Waals surface area contributed by atoms with Crippen LogP contribution in [0.25, 0.3) is 11.0 Å². The van der Waals surface area contributed by atoms with Crippen molar-refractivity contribution in [3.05, 3.63) is 90.0 Å². The van der Waals surface area contributed by atoms with Gasteiger partial charge in [-0.05, 0) is 67.6 Å². The van der Waals surface area contributed by atoms with E-state index < -0.39 is 0 Å². The summed E-state index contributed by atoms with van der Waals surface area (Å²) in [6.45, 7) is 4.36. The second-order valence-electron chi connectivity index (χ2n) is 8.32. The number of rotatable bonds is 12. The van der Waals surface area contributed by atoms with E-state index in [0.29, 0.717) is 18.7 Å². The summed E-state index contributed by atoms with van der Waals surface area (Å²) < 4.78 is 8.23. The van der Waals surface area contributed by atoms with Gasteiger partial charge >= 0.3 is 0 Å². The smallest absolute Gasteiger partial charge is 0.251 e. The molecule has 0 atom stereocenters. The van der Waals surface area contributed by atoms with Gasteiger partial charge < -0.3 is 14.6 Å². The van der Waals surface area contributed by atoms with E-state index in [9.17, 15) is 4.79 Å². The Bertz CT molecular complexity index is 1190. The van der Waals surface area contributed by atoms with Crippen LogP contribution in [0.3, 0.4) is 0 Å². The topological polar surface area (TPSA) is 69.0 Å². The van der Waals surface area contributed by atoms with Crippen LogP contribution in [0.1, 0.15) is 47.9 Å². The molecule has 2 heterocycles. The molecule has 0 spiro atoms. The van der Waals surface area contributed by atoms with Crippen molar-refractivity contribution in [2.45, 2.75) is 45.6 Å². The number of unbranched alkanes of at least 4 members (excludes halogenated alkanes) is 1. The van der Waals surface area contributed by atoms with Crippen LogP contribution in [0.2, 0.25) is 0 Å². The number of ether oxygens (including phenoxy) is 1. The molecule has 2 aromatic heterocycles. The molecule has 4 rings (SSSR count). The molecule has 0 aliphatic heterocycles. The van der Waals surface area contributed by atoms with Crippen LogP contribution in [0.15, 0.2) is 73.1 Å². The largest absolute Gasteiger partial charge is 0.494 e. The van der Waals surface area contributed by atoms with Crippen LogP contribution in [0, 0.1) is 0 Å². The number of amides is 1. The van der Waals surface area contributed by atoms with Gasteiger partial charge in [-0.25, -0.2) is 4.98 Å². The van der Waals surface area contributed by atoms with E-state index in [1.165, 1.54) is 5.56 Å². The van der Waals surface area contributed by atoms with Crippen LogP contribution in [0.4, 0.5) is 0 Å². The molecule has 2 aromatic carbocycles. The Morgan fingerprint density at radius 1 is 0.971 bits per heavy atom. The van der Waals surface area contributed by atoms with Crippen LogP contribution in [-0.2, 0) is 19.4 Å². The number of nitrogens with one attached hydrogen (secondary N) is 1. The van der Waals surface area contributed by atoms with Crippen molar-refractivity contribution < 1.29 is 9.53 Å². The van der Waals surface area contributed by atoms with E-state index in [2.05, 4.69) is 52.1 Å². The average Bonchev–Trinajstić information content (AvgIpc) is 3.24. The number of carbonyl (C=O) groups is 1. The number of hydrogen-bond donors (Lipinski definition) is 1. The molecule has 0 aliphatic rings. The van der Waals surface area contributed by atoms with E-state index in [1.54, 1.807) is 24.5 Å². The fourth-order valence-electron chi connectivity index (χ4n) is 4.00. The number of benzene rings is 2. The molecule has 1 amide bonds. The number of aryl methyl sites for hydroxylation is 3. The number of aromatic nitrogens is 3. The van der Waals surface area contributed by atoms with Gasteiger partial charge in [0.15, 0.2) is 0 Å². The predicted octanol–water partition coefficient (Wildman–Crippen LogP) is 5.22. The lowest BCUT2D eigenvalue weighted by Gasteiger charge is -2.11. The summed E-state index contributed by atoms with van der Waals surface area (Å²) in [5.74, 6) is 1.93. The van der Waals surface area contributed by atoms with Crippen molar-refractivity contribution in [3.8, 4) is 5.75 Å². The summed E-state index contributed by atoms with van der Waals surface area (Å²) in [4.78, 5) is 21.0. The first-order chi connectivity index (χ1) is 16.7. The molecule has 0 radical (unpaired) electrons. The van der Waals surface area contributed by atoms with Crippen molar-refractivity contribution >= 4 is 16.9 Å². The van der Waals surface area contributed by atoms with Crippen LogP contribution < -0.4 is 10.1 Å². The lowest BCUT2D eigenvalue weighted by Crippen LogP contribution is -2.25. The van der Waals surface area contributed by atoms with Gasteiger partial charge in [-0.1, -0.05) is 31.2 Å². The Morgan fingerprint density at radius 3 is 2.56 bits per heavy atom. The molecule has 1 N–H and O–H groups in total. The molecule has 0 unspecified atom stereocenters. The van der Waals surface area contributed by atoms with E-state index in [0.717, 1.165) is 61.3 Å². The molecular formula is C28H32N4O2. The monoisotopic (exact) mass is 456 g/mol. The number of para-hydroxylation sites is 2. The third kappa shape index (κ3) is 6.22. The Labute approximate surface area is 201 Å². The molecule has 6 heteroatoms. The van der Waals surface area contributed by atoms with E-state index in [4.69, 9.17) is 9.72 Å². The Balaban J connectivity index is 1.27. The highest BCUT2D eigenvalue weighted by atomic mass is 16.5. The molecule has 6 nitrogen and oxygen atoms in total. The van der Waals surface area contributed by atoms with Crippen molar-refractivity contribution in [2.24, 2.45) is 0 Å². The van der Waals surface area contributed by atoms with Gasteiger partial charge in [0.1, 0.15) is 11.6 Å². The van der Waals surface area contributed by atoms with Crippen molar-refractivity contribution in [1.29, 1.82) is 0 Å². The first kappa shape index (κ1) is 23.5. The minimum Gasteiger partial charge on any atom is -0.494 e. The van der Waals surface area contributed by atoms with Crippen molar-refractivity contribution in [2.75, 3.05) is 13.2 Å². The maximum atomic E-state index is 12.2. The normalized spacial score (nSPS) is 11.0. The van der Waals surface area contributed by atoms with Crippen LogP contribution in [-0.4, -0.2) is 33.6 Å². The summed E-state index contributed by atoms with van der Waals surface area (Å²) in [6.07, 6.45) is 7.93. The van der Waals surface area contributed by atoms with E-state index in [-0.39, 0.29) is 5.91 Å². The highest BCUT2D eigenvalue weighted by Gasteiger charge is 2.11. The Morgan fingerprint density at radius 2 is 1.76 bits per heavy atom. The Kier molecular flexibility index (Phi) is 8.27. The summed E-state index contributed by atoms with van der Waals surface area (Å²) in [7, 11) is 0. The zero-order chi connectivity index (χ0) is 23.6. The molecule has 0 saturated heterocycles. The third-order valence-corrected chi connectivity index (χ3v) is 5.92. The SMILES string of the molecule is CCc1ccc(OCCCCn2c(CCCNC(=O)c3ccncc3)nc3ccccc32)cc1. The van der Waals surface area contributed by atoms with E-state index in [1.807, 2.05) is 18.2 Å². The highest BCUT2D eigenvalue weighted by Crippen LogP contribution is 2.18. The predicted molar refractivity (Wildman–Crippen MR) is 135 cm³/mol. The minimum absolute atomic E-state index is 0.0692. The van der Waals surface area contributed by atoms with Gasteiger partial charge in [0.25, 0.3) is 5.91 Å². The van der Waals surface area contributed by atoms with Gasteiger partial charge in [0.05, 0.1) is 17.6 Å². The number of pyridine rings is 1. The lowest BCUT2D eigenvalue weighted by atomic mass is 10.2. The zero-order valence-corrected chi connectivity index (χ0v) is 19.7. The van der Waals surface area contributed by atoms with Crippen molar-refractivity contribution in [1.82, 2.24) is 19.9 Å². The molecule has 34 heavy (non-hydrogen) atoms. The maximum Gasteiger partial charge on any atom is 0.251 e. The summed E-state index contributed by atoms with van der Waals surface area (Å²) in [5.41, 5.74) is 4.13. The summed E-state index contributed by atoms with van der Waals surface area (Å²) in [6, 6.07) is 20.1. The molecule has 176 valence electrons. The number of hydrogen-bond acceptors (Lipinski definition) is 4. The van der Waals surface area contributed by atoms with Gasteiger partial charge in [-0.3, -0.25) is 9.78 Å². The molecule has 0 saturated carbocycles. The number of fused-ring (bicyclic) bond motifs is 1. The van der Waals surface area contributed by atoms with Crippen molar-refractivity contribution in [3.63, 3.8) is 0 Å². The van der Waals surface area contributed by atoms with Crippen LogP contribution >= 0.6 is 0 Å². The maximum absolute atomic E-state index is 12.2. The lowest BCUT2D eigenvalue weighted by molar-refractivity contribution is 0.0953. The van der Waals surface area contributed by atoms with Gasteiger partial charge in [-0.2, -0.15) is 0 Å². The first-order valence-corrected chi connectivity index (χ1v) is 12.1. The fraction of sp³-hybridized carbons (Fsp3) is 0.321.